The van der Waals surface area contributed by atoms with Gasteiger partial charge in [-0.25, -0.2) is 0 Å². The molecule has 0 atom stereocenters. The SMILES string of the molecule is COc1cc(/C=C\CN(CCC#N)Cc2ccco2)ccc1OC(C)=O. The first-order chi connectivity index (χ1) is 12.6. The molecule has 0 N–H and O–H groups in total. The lowest BCUT2D eigenvalue weighted by atomic mass is 10.2. The summed E-state index contributed by atoms with van der Waals surface area (Å²) in [6.45, 7) is 3.34. The Morgan fingerprint density at radius 3 is 2.85 bits per heavy atom. The smallest absolute Gasteiger partial charge is 0.308 e. The zero-order valence-electron chi connectivity index (χ0n) is 15.0. The molecule has 0 saturated carbocycles. The van der Waals surface area contributed by atoms with Crippen molar-refractivity contribution in [3.8, 4) is 17.6 Å². The number of hydrogen-bond acceptors (Lipinski definition) is 6. The highest BCUT2D eigenvalue weighted by Crippen LogP contribution is 2.28. The van der Waals surface area contributed by atoms with E-state index in [0.717, 1.165) is 11.3 Å². The average molecular weight is 354 g/mol. The minimum Gasteiger partial charge on any atom is -0.493 e. The van der Waals surface area contributed by atoms with Crippen LogP contribution in [0.4, 0.5) is 0 Å². The van der Waals surface area contributed by atoms with E-state index in [-0.39, 0.29) is 0 Å². The Morgan fingerprint density at radius 2 is 2.19 bits per heavy atom. The summed E-state index contributed by atoms with van der Waals surface area (Å²) in [5.74, 6) is 1.37. The van der Waals surface area contributed by atoms with Crippen molar-refractivity contribution in [3.63, 3.8) is 0 Å². The van der Waals surface area contributed by atoms with Gasteiger partial charge in [-0.2, -0.15) is 5.26 Å². The normalized spacial score (nSPS) is 10.8. The van der Waals surface area contributed by atoms with Crippen LogP contribution in [-0.4, -0.2) is 31.1 Å². The first kappa shape index (κ1) is 19.3. The molecule has 1 aromatic heterocycles. The highest BCUT2D eigenvalue weighted by Gasteiger charge is 2.08. The maximum atomic E-state index is 11.1. The molecule has 0 aliphatic heterocycles. The summed E-state index contributed by atoms with van der Waals surface area (Å²) in [5, 5.41) is 8.82. The monoisotopic (exact) mass is 354 g/mol. The standard InChI is InChI=1S/C20H22N2O4/c1-16(23)26-19-9-8-17(14-20(19)24-2)6-3-11-22(12-5-10-21)15-18-7-4-13-25-18/h3-4,6-9,13-14H,5,11-12,15H2,1-2H3/b6-3-. The van der Waals surface area contributed by atoms with Crippen LogP contribution in [0.2, 0.25) is 0 Å². The van der Waals surface area contributed by atoms with Crippen molar-refractivity contribution in [3.05, 3.63) is 54.0 Å². The molecule has 2 rings (SSSR count). The third-order valence-electron chi connectivity index (χ3n) is 3.61. The second-order valence-corrected chi connectivity index (χ2v) is 5.63. The van der Waals surface area contributed by atoms with Gasteiger partial charge in [-0.3, -0.25) is 9.69 Å². The van der Waals surface area contributed by atoms with Crippen molar-refractivity contribution >= 4 is 12.0 Å². The van der Waals surface area contributed by atoms with Gasteiger partial charge >= 0.3 is 5.97 Å². The van der Waals surface area contributed by atoms with E-state index in [9.17, 15) is 4.79 Å². The molecule has 26 heavy (non-hydrogen) atoms. The summed E-state index contributed by atoms with van der Waals surface area (Å²) in [5.41, 5.74) is 0.927. The summed E-state index contributed by atoms with van der Waals surface area (Å²) in [7, 11) is 1.53. The van der Waals surface area contributed by atoms with Gasteiger partial charge in [0.2, 0.25) is 0 Å². The number of nitriles is 1. The van der Waals surface area contributed by atoms with Crippen LogP contribution in [0.15, 0.2) is 47.1 Å². The van der Waals surface area contributed by atoms with Gasteiger partial charge in [-0.05, 0) is 29.8 Å². The Hall–Kier alpha value is -3.04. The van der Waals surface area contributed by atoms with Gasteiger partial charge in [0.05, 0.1) is 26.0 Å². The molecule has 6 nitrogen and oxygen atoms in total. The molecule has 0 aliphatic rings. The molecular formula is C20H22N2O4. The van der Waals surface area contributed by atoms with E-state index in [1.165, 1.54) is 14.0 Å². The van der Waals surface area contributed by atoms with Crippen LogP contribution >= 0.6 is 0 Å². The van der Waals surface area contributed by atoms with Crippen LogP contribution < -0.4 is 9.47 Å². The Morgan fingerprint density at radius 1 is 1.35 bits per heavy atom. The maximum absolute atomic E-state index is 11.1. The fourth-order valence-corrected chi connectivity index (χ4v) is 2.43. The van der Waals surface area contributed by atoms with Crippen molar-refractivity contribution in [1.82, 2.24) is 4.90 Å². The summed E-state index contributed by atoms with van der Waals surface area (Å²) < 4.78 is 15.7. The van der Waals surface area contributed by atoms with E-state index < -0.39 is 5.97 Å². The van der Waals surface area contributed by atoms with Crippen molar-refractivity contribution in [2.75, 3.05) is 20.2 Å². The zero-order chi connectivity index (χ0) is 18.8. The summed E-state index contributed by atoms with van der Waals surface area (Å²) in [4.78, 5) is 13.2. The summed E-state index contributed by atoms with van der Waals surface area (Å²) >= 11 is 0. The first-order valence-electron chi connectivity index (χ1n) is 8.27. The van der Waals surface area contributed by atoms with Gasteiger partial charge in [0.25, 0.3) is 0 Å². The second-order valence-electron chi connectivity index (χ2n) is 5.63. The molecule has 0 spiro atoms. The lowest BCUT2D eigenvalue weighted by Crippen LogP contribution is -2.24. The Labute approximate surface area is 153 Å². The van der Waals surface area contributed by atoms with Crippen LogP contribution in [0, 0.1) is 11.3 Å². The number of furan rings is 1. The topological polar surface area (TPSA) is 75.7 Å². The first-order valence-corrected chi connectivity index (χ1v) is 8.27. The predicted molar refractivity (Wildman–Crippen MR) is 97.6 cm³/mol. The van der Waals surface area contributed by atoms with Crippen molar-refractivity contribution in [2.45, 2.75) is 19.9 Å². The molecule has 2 aromatic rings. The lowest BCUT2D eigenvalue weighted by molar-refractivity contribution is -0.132. The Kier molecular flexibility index (Phi) is 7.47. The van der Waals surface area contributed by atoms with Gasteiger partial charge in [-0.15, -0.1) is 0 Å². The molecule has 0 amide bonds. The molecule has 0 fully saturated rings. The molecule has 0 unspecified atom stereocenters. The Bertz CT molecular complexity index is 776. The lowest BCUT2D eigenvalue weighted by Gasteiger charge is -2.17. The van der Waals surface area contributed by atoms with Crippen molar-refractivity contribution < 1.29 is 18.7 Å². The molecule has 0 aliphatic carbocycles. The minimum atomic E-state index is -0.391. The molecule has 0 saturated heterocycles. The van der Waals surface area contributed by atoms with E-state index >= 15 is 0 Å². The highest BCUT2D eigenvalue weighted by atomic mass is 16.6. The quantitative estimate of drug-likeness (QED) is 0.505. The fourth-order valence-electron chi connectivity index (χ4n) is 2.43. The van der Waals surface area contributed by atoms with Gasteiger partial charge in [0.15, 0.2) is 11.5 Å². The predicted octanol–water partition coefficient (Wildman–Crippen LogP) is 3.64. The molecule has 6 heteroatoms. The second kappa shape index (κ2) is 10.1. The third-order valence-corrected chi connectivity index (χ3v) is 3.61. The van der Waals surface area contributed by atoms with Crippen molar-refractivity contribution in [1.29, 1.82) is 5.26 Å². The minimum absolute atomic E-state index is 0.391. The number of hydrogen-bond donors (Lipinski definition) is 0. The number of carbonyl (C=O) groups excluding carboxylic acids is 1. The van der Waals surface area contributed by atoms with E-state index in [4.69, 9.17) is 19.2 Å². The van der Waals surface area contributed by atoms with E-state index in [0.29, 0.717) is 37.6 Å². The Balaban J connectivity index is 2.01. The van der Waals surface area contributed by atoms with Crippen LogP contribution in [0.5, 0.6) is 11.5 Å². The summed E-state index contributed by atoms with van der Waals surface area (Å²) in [6.07, 6.45) is 6.08. The number of esters is 1. The summed E-state index contributed by atoms with van der Waals surface area (Å²) in [6, 6.07) is 11.3. The number of nitrogens with zero attached hydrogens (tertiary/aromatic N) is 2. The number of ether oxygens (including phenoxy) is 2. The van der Waals surface area contributed by atoms with E-state index in [2.05, 4.69) is 11.0 Å². The van der Waals surface area contributed by atoms with Gasteiger partial charge in [0, 0.05) is 26.4 Å². The van der Waals surface area contributed by atoms with Crippen LogP contribution in [0.25, 0.3) is 6.08 Å². The zero-order valence-corrected chi connectivity index (χ0v) is 15.0. The molecule has 1 heterocycles. The maximum Gasteiger partial charge on any atom is 0.308 e. The number of benzene rings is 1. The van der Waals surface area contributed by atoms with Crippen LogP contribution in [-0.2, 0) is 11.3 Å². The van der Waals surface area contributed by atoms with Gasteiger partial charge in [-0.1, -0.05) is 18.2 Å². The average Bonchev–Trinajstić information content (AvgIpc) is 3.13. The van der Waals surface area contributed by atoms with Gasteiger partial charge < -0.3 is 13.9 Å². The fraction of sp³-hybridized carbons (Fsp3) is 0.300. The van der Waals surface area contributed by atoms with Crippen LogP contribution in [0.1, 0.15) is 24.7 Å². The molecule has 136 valence electrons. The third kappa shape index (κ3) is 6.11. The molecule has 1 aromatic carbocycles. The molecular weight excluding hydrogens is 332 g/mol. The highest BCUT2D eigenvalue weighted by molar-refractivity contribution is 5.71. The number of methoxy groups -OCH3 is 1. The van der Waals surface area contributed by atoms with E-state index in [1.807, 2.05) is 30.4 Å². The van der Waals surface area contributed by atoms with E-state index in [1.54, 1.807) is 18.4 Å². The number of carbonyl (C=O) groups is 1. The molecule has 0 bridgehead atoms. The molecule has 0 radical (unpaired) electrons. The van der Waals surface area contributed by atoms with Crippen LogP contribution in [0.3, 0.4) is 0 Å². The largest absolute Gasteiger partial charge is 0.493 e. The number of rotatable bonds is 9. The van der Waals surface area contributed by atoms with Gasteiger partial charge in [0.1, 0.15) is 5.76 Å². The van der Waals surface area contributed by atoms with Crippen molar-refractivity contribution in [2.24, 2.45) is 0 Å².